The van der Waals surface area contributed by atoms with E-state index in [0.29, 0.717) is 29.7 Å². The maximum absolute atomic E-state index is 12.9. The Morgan fingerprint density at radius 2 is 1.89 bits per heavy atom. The van der Waals surface area contributed by atoms with Gasteiger partial charge in [0.15, 0.2) is 17.6 Å². The van der Waals surface area contributed by atoms with Crippen LogP contribution in [0, 0.1) is 12.8 Å². The molecule has 2 fully saturated rings. The molecule has 5 nitrogen and oxygen atoms in total. The van der Waals surface area contributed by atoms with Crippen molar-refractivity contribution in [3.63, 3.8) is 0 Å². The Hall–Kier alpha value is -2.24. The molecule has 0 amide bonds. The molecule has 1 aliphatic heterocycles. The van der Waals surface area contributed by atoms with E-state index in [4.69, 9.17) is 16.3 Å². The summed E-state index contributed by atoms with van der Waals surface area (Å²) in [6.07, 6.45) is 3.98. The monoisotopic (exact) mass is 384 g/mol. The third kappa shape index (κ3) is 3.62. The van der Waals surface area contributed by atoms with Gasteiger partial charge < -0.3 is 4.74 Å². The van der Waals surface area contributed by atoms with Gasteiger partial charge in [0.1, 0.15) is 0 Å². The van der Waals surface area contributed by atoms with Crippen molar-refractivity contribution < 1.29 is 14.3 Å². The summed E-state index contributed by atoms with van der Waals surface area (Å²) < 4.78 is 6.94. The van der Waals surface area contributed by atoms with Crippen LogP contribution in [0.25, 0.3) is 11.3 Å². The van der Waals surface area contributed by atoms with Crippen molar-refractivity contribution in [3.8, 4) is 11.3 Å². The predicted octanol–water partition coefficient (Wildman–Crippen LogP) is 3.95. The second kappa shape index (κ2) is 7.41. The number of hydrogen-bond donors (Lipinski definition) is 0. The van der Waals surface area contributed by atoms with E-state index in [9.17, 15) is 9.59 Å². The lowest BCUT2D eigenvalue weighted by Crippen LogP contribution is -2.22. The highest BCUT2D eigenvalue weighted by molar-refractivity contribution is 6.30. The summed E-state index contributed by atoms with van der Waals surface area (Å²) in [5, 5.41) is 5.21. The van der Waals surface area contributed by atoms with Gasteiger partial charge in [-0.25, -0.2) is 0 Å². The van der Waals surface area contributed by atoms with Gasteiger partial charge in [-0.05, 0) is 43.9 Å². The summed E-state index contributed by atoms with van der Waals surface area (Å²) in [6, 6.07) is 8.39. The summed E-state index contributed by atoms with van der Waals surface area (Å²) in [5.74, 6) is 0.0973. The number of carbonyl (C=O) groups excluding carboxylic acids is 2. The summed E-state index contributed by atoms with van der Waals surface area (Å²) in [5.41, 5.74) is 3.04. The minimum Gasteiger partial charge on any atom is -0.381 e. The Balaban J connectivity index is 1.61. The number of halogens is 1. The SMILES string of the molecule is Cc1cc(-c2ccc(Cl)cc2)nn1C1C(=O)C/C(=C\C2CCOCC2)C1=O. The molecule has 6 heteroatoms. The fourth-order valence-corrected chi connectivity index (χ4v) is 3.89. The fourth-order valence-electron chi connectivity index (χ4n) is 3.76. The average molecular weight is 385 g/mol. The number of aromatic nitrogens is 2. The highest BCUT2D eigenvalue weighted by Gasteiger charge is 2.40. The van der Waals surface area contributed by atoms with Crippen LogP contribution in [0.4, 0.5) is 0 Å². The van der Waals surface area contributed by atoms with Crippen LogP contribution in [-0.2, 0) is 14.3 Å². The molecule has 0 bridgehead atoms. The number of hydrogen-bond acceptors (Lipinski definition) is 4. The molecule has 1 atom stereocenters. The fraction of sp³-hybridized carbons (Fsp3) is 0.381. The van der Waals surface area contributed by atoms with E-state index in [2.05, 4.69) is 5.10 Å². The minimum absolute atomic E-state index is 0.0906. The number of rotatable bonds is 3. The molecule has 1 unspecified atom stereocenters. The topological polar surface area (TPSA) is 61.2 Å². The molecule has 4 rings (SSSR count). The number of ketones is 2. The molecular formula is C21H21ClN2O3. The molecule has 1 aromatic heterocycles. The molecule has 1 aromatic carbocycles. The largest absolute Gasteiger partial charge is 0.381 e. The lowest BCUT2D eigenvalue weighted by atomic mass is 9.96. The summed E-state index contributed by atoms with van der Waals surface area (Å²) in [6.45, 7) is 3.29. The van der Waals surface area contributed by atoms with E-state index in [1.165, 1.54) is 0 Å². The number of benzene rings is 1. The van der Waals surface area contributed by atoms with Crippen molar-refractivity contribution >= 4 is 23.2 Å². The molecule has 2 heterocycles. The van der Waals surface area contributed by atoms with E-state index in [0.717, 1.165) is 29.8 Å². The first-order valence-electron chi connectivity index (χ1n) is 9.20. The van der Waals surface area contributed by atoms with Gasteiger partial charge in [-0.2, -0.15) is 5.10 Å². The van der Waals surface area contributed by atoms with Crippen LogP contribution in [0.15, 0.2) is 42.0 Å². The second-order valence-corrected chi connectivity index (χ2v) is 7.61. The number of aryl methyl sites for hydroxylation is 1. The van der Waals surface area contributed by atoms with E-state index in [1.54, 1.807) is 16.8 Å². The Morgan fingerprint density at radius 3 is 2.59 bits per heavy atom. The molecule has 27 heavy (non-hydrogen) atoms. The minimum atomic E-state index is -0.850. The van der Waals surface area contributed by atoms with E-state index < -0.39 is 6.04 Å². The van der Waals surface area contributed by atoms with Gasteiger partial charge in [0.25, 0.3) is 0 Å². The molecule has 0 radical (unpaired) electrons. The van der Waals surface area contributed by atoms with Crippen molar-refractivity contribution in [1.82, 2.24) is 9.78 Å². The molecule has 0 N–H and O–H groups in total. The third-order valence-corrected chi connectivity index (χ3v) is 5.50. The van der Waals surface area contributed by atoms with E-state index in [-0.39, 0.29) is 18.0 Å². The number of carbonyl (C=O) groups is 2. The standard InChI is InChI=1S/C21H21ClN2O3/c1-13-10-18(15-2-4-17(22)5-3-15)23-24(13)20-19(25)12-16(21(20)26)11-14-6-8-27-9-7-14/h2-5,10-11,14,20H,6-9,12H2,1H3/b16-11+. The summed E-state index contributed by atoms with van der Waals surface area (Å²) in [7, 11) is 0. The second-order valence-electron chi connectivity index (χ2n) is 7.17. The maximum atomic E-state index is 12.9. The number of ether oxygens (including phenoxy) is 1. The lowest BCUT2D eigenvalue weighted by molar-refractivity contribution is -0.126. The van der Waals surface area contributed by atoms with E-state index >= 15 is 0 Å². The van der Waals surface area contributed by atoms with E-state index in [1.807, 2.05) is 31.2 Å². The molecular weight excluding hydrogens is 364 g/mol. The molecule has 1 saturated heterocycles. The summed E-state index contributed by atoms with van der Waals surface area (Å²) in [4.78, 5) is 25.5. The van der Waals surface area contributed by atoms with Crippen LogP contribution >= 0.6 is 11.6 Å². The quantitative estimate of drug-likeness (QED) is 0.593. The van der Waals surface area contributed by atoms with Gasteiger partial charge in [0.05, 0.1) is 5.69 Å². The third-order valence-electron chi connectivity index (χ3n) is 5.24. The lowest BCUT2D eigenvalue weighted by Gasteiger charge is -2.19. The van der Waals surface area contributed by atoms with Crippen LogP contribution < -0.4 is 0 Å². The first-order chi connectivity index (χ1) is 13.0. The zero-order valence-corrected chi connectivity index (χ0v) is 15.9. The van der Waals surface area contributed by atoms with Crippen molar-refractivity contribution in [3.05, 3.63) is 52.7 Å². The summed E-state index contributed by atoms with van der Waals surface area (Å²) >= 11 is 5.94. The van der Waals surface area contributed by atoms with Crippen LogP contribution in [0.5, 0.6) is 0 Å². The number of Topliss-reactive ketones (excluding diaryl/α,β-unsaturated/α-hetero) is 2. The molecule has 140 valence electrons. The van der Waals surface area contributed by atoms with Gasteiger partial charge in [-0.3, -0.25) is 14.3 Å². The highest BCUT2D eigenvalue weighted by atomic mass is 35.5. The Morgan fingerprint density at radius 1 is 1.19 bits per heavy atom. The normalized spacial score (nSPS) is 22.7. The van der Waals surface area contributed by atoms with Crippen LogP contribution in [0.2, 0.25) is 5.02 Å². The van der Waals surface area contributed by atoms with Crippen molar-refractivity contribution in [2.45, 2.75) is 32.2 Å². The molecule has 1 aliphatic carbocycles. The molecule has 0 spiro atoms. The van der Waals surface area contributed by atoms with Gasteiger partial charge in [0, 0.05) is 41.5 Å². The van der Waals surface area contributed by atoms with Crippen LogP contribution in [0.3, 0.4) is 0 Å². The Kier molecular flexibility index (Phi) is 4.98. The average Bonchev–Trinajstić information content (AvgIpc) is 3.16. The smallest absolute Gasteiger partial charge is 0.191 e. The molecule has 2 aromatic rings. The van der Waals surface area contributed by atoms with Gasteiger partial charge in [-0.15, -0.1) is 0 Å². The Bertz CT molecular complexity index is 908. The van der Waals surface area contributed by atoms with Gasteiger partial charge in [-0.1, -0.05) is 29.8 Å². The number of allylic oxidation sites excluding steroid dienone is 2. The Labute approximate surface area is 163 Å². The highest BCUT2D eigenvalue weighted by Crippen LogP contribution is 2.32. The zero-order valence-electron chi connectivity index (χ0n) is 15.2. The van der Waals surface area contributed by atoms with Gasteiger partial charge in [0.2, 0.25) is 0 Å². The van der Waals surface area contributed by atoms with Crippen molar-refractivity contribution in [2.24, 2.45) is 5.92 Å². The first-order valence-corrected chi connectivity index (χ1v) is 9.58. The van der Waals surface area contributed by atoms with Crippen LogP contribution in [0.1, 0.15) is 31.0 Å². The van der Waals surface area contributed by atoms with Crippen molar-refractivity contribution in [1.29, 1.82) is 0 Å². The first kappa shape index (κ1) is 18.1. The van der Waals surface area contributed by atoms with Gasteiger partial charge >= 0.3 is 0 Å². The zero-order chi connectivity index (χ0) is 19.0. The molecule has 2 aliphatic rings. The molecule has 1 saturated carbocycles. The maximum Gasteiger partial charge on any atom is 0.191 e. The number of nitrogens with zero attached hydrogens (tertiary/aromatic N) is 2. The van der Waals surface area contributed by atoms with Crippen LogP contribution in [-0.4, -0.2) is 34.6 Å². The predicted molar refractivity (Wildman–Crippen MR) is 103 cm³/mol. The van der Waals surface area contributed by atoms with Crippen molar-refractivity contribution in [2.75, 3.05) is 13.2 Å².